The number of hydrogen-bond acceptors (Lipinski definition) is 5. The van der Waals surface area contributed by atoms with E-state index in [0.29, 0.717) is 19.0 Å². The first kappa shape index (κ1) is 18.4. The van der Waals surface area contributed by atoms with Crippen molar-refractivity contribution < 1.29 is 14.3 Å². The Morgan fingerprint density at radius 3 is 2.42 bits per heavy atom. The zero-order valence-electron chi connectivity index (χ0n) is 14.4. The van der Waals surface area contributed by atoms with Gasteiger partial charge >= 0.3 is 0 Å². The Morgan fingerprint density at radius 1 is 1.17 bits per heavy atom. The van der Waals surface area contributed by atoms with Gasteiger partial charge < -0.3 is 15.4 Å². The van der Waals surface area contributed by atoms with Gasteiger partial charge in [-0.3, -0.25) is 14.5 Å². The van der Waals surface area contributed by atoms with Crippen molar-refractivity contribution in [1.29, 1.82) is 0 Å². The first-order valence-corrected chi connectivity index (χ1v) is 8.40. The van der Waals surface area contributed by atoms with E-state index in [2.05, 4.69) is 20.5 Å². The molecule has 0 saturated carbocycles. The maximum absolute atomic E-state index is 12.2. The lowest BCUT2D eigenvalue weighted by atomic mass is 10.2. The van der Waals surface area contributed by atoms with Crippen LogP contribution in [-0.4, -0.2) is 67.6 Å². The number of morpholine rings is 1. The summed E-state index contributed by atoms with van der Waals surface area (Å²) in [6, 6.07) is 4.90. The third kappa shape index (κ3) is 5.90. The fourth-order valence-corrected chi connectivity index (χ4v) is 2.32. The summed E-state index contributed by atoms with van der Waals surface area (Å²) in [6.45, 7) is 9.20. The summed E-state index contributed by atoms with van der Waals surface area (Å²) in [5.74, 6) is -0.158. The van der Waals surface area contributed by atoms with E-state index in [9.17, 15) is 9.59 Å². The van der Waals surface area contributed by atoms with Gasteiger partial charge in [-0.25, -0.2) is 4.98 Å². The zero-order valence-corrected chi connectivity index (χ0v) is 14.4. The lowest BCUT2D eigenvalue weighted by Gasteiger charge is -2.26. The number of ether oxygens (including phenoxy) is 1. The predicted octanol–water partition coefficient (Wildman–Crippen LogP) is 0.529. The highest BCUT2D eigenvalue weighted by Gasteiger charge is 2.14. The molecule has 1 aliphatic heterocycles. The van der Waals surface area contributed by atoms with Crippen LogP contribution in [0.2, 0.25) is 0 Å². The lowest BCUT2D eigenvalue weighted by Crippen LogP contribution is -2.41. The zero-order chi connectivity index (χ0) is 17.4. The van der Waals surface area contributed by atoms with E-state index in [-0.39, 0.29) is 23.2 Å². The number of carbonyl (C=O) groups is 2. The topological polar surface area (TPSA) is 83.6 Å². The van der Waals surface area contributed by atoms with Gasteiger partial charge in [0.2, 0.25) is 0 Å². The van der Waals surface area contributed by atoms with Crippen molar-refractivity contribution >= 4 is 11.8 Å². The molecule has 2 heterocycles. The minimum Gasteiger partial charge on any atom is -0.379 e. The molecule has 0 aliphatic carbocycles. The molecule has 0 atom stereocenters. The maximum atomic E-state index is 12.2. The van der Waals surface area contributed by atoms with Crippen LogP contribution in [0.1, 0.15) is 34.8 Å². The summed E-state index contributed by atoms with van der Waals surface area (Å²) in [7, 11) is 0. The van der Waals surface area contributed by atoms with Crippen molar-refractivity contribution in [2.45, 2.75) is 13.8 Å². The highest BCUT2D eigenvalue weighted by molar-refractivity contribution is 5.96. The van der Waals surface area contributed by atoms with Gasteiger partial charge in [-0.2, -0.15) is 0 Å². The number of rotatable bonds is 7. The van der Waals surface area contributed by atoms with Gasteiger partial charge in [-0.05, 0) is 18.1 Å². The molecule has 1 fully saturated rings. The van der Waals surface area contributed by atoms with Gasteiger partial charge in [0.25, 0.3) is 11.8 Å². The Morgan fingerprint density at radius 2 is 1.79 bits per heavy atom. The summed E-state index contributed by atoms with van der Waals surface area (Å²) < 4.78 is 5.29. The number of aromatic nitrogens is 1. The van der Waals surface area contributed by atoms with E-state index >= 15 is 0 Å². The van der Waals surface area contributed by atoms with Crippen molar-refractivity contribution in [3.05, 3.63) is 29.6 Å². The molecule has 1 aliphatic rings. The number of hydrogen-bond donors (Lipinski definition) is 2. The van der Waals surface area contributed by atoms with Crippen LogP contribution in [0.5, 0.6) is 0 Å². The fourth-order valence-electron chi connectivity index (χ4n) is 2.32. The summed E-state index contributed by atoms with van der Waals surface area (Å²) in [4.78, 5) is 30.6. The quantitative estimate of drug-likeness (QED) is 0.760. The van der Waals surface area contributed by atoms with Gasteiger partial charge in [-0.1, -0.05) is 19.9 Å². The standard InChI is InChI=1S/C17H26N4O3/c1-13(2)12-19-17(23)15-5-3-4-14(20-15)16(22)18-6-7-21-8-10-24-11-9-21/h3-5,13H,6-12H2,1-2H3,(H,18,22)(H,19,23). The first-order chi connectivity index (χ1) is 11.6. The van der Waals surface area contributed by atoms with E-state index in [1.807, 2.05) is 13.8 Å². The Kier molecular flexibility index (Phi) is 7.14. The molecule has 7 heteroatoms. The molecule has 7 nitrogen and oxygen atoms in total. The van der Waals surface area contributed by atoms with Gasteiger partial charge in [0.15, 0.2) is 0 Å². The predicted molar refractivity (Wildman–Crippen MR) is 91.0 cm³/mol. The first-order valence-electron chi connectivity index (χ1n) is 8.40. The maximum Gasteiger partial charge on any atom is 0.269 e. The summed E-state index contributed by atoms with van der Waals surface area (Å²) in [5, 5.41) is 5.65. The van der Waals surface area contributed by atoms with Crippen molar-refractivity contribution in [2.24, 2.45) is 5.92 Å². The third-order valence-corrected chi connectivity index (χ3v) is 3.70. The lowest BCUT2D eigenvalue weighted by molar-refractivity contribution is 0.0383. The Bertz CT molecular complexity index is 557. The number of carbonyl (C=O) groups excluding carboxylic acids is 2. The summed E-state index contributed by atoms with van der Waals surface area (Å²) in [6.07, 6.45) is 0. The third-order valence-electron chi connectivity index (χ3n) is 3.70. The fraction of sp³-hybridized carbons (Fsp3) is 0.588. The van der Waals surface area contributed by atoms with Crippen molar-refractivity contribution in [1.82, 2.24) is 20.5 Å². The molecule has 132 valence electrons. The Balaban J connectivity index is 1.83. The largest absolute Gasteiger partial charge is 0.379 e. The van der Waals surface area contributed by atoms with Crippen LogP contribution in [0.25, 0.3) is 0 Å². The van der Waals surface area contributed by atoms with Crippen LogP contribution in [-0.2, 0) is 4.74 Å². The molecular formula is C17H26N4O3. The van der Waals surface area contributed by atoms with Crippen molar-refractivity contribution in [3.63, 3.8) is 0 Å². The van der Waals surface area contributed by atoms with Crippen LogP contribution in [0.4, 0.5) is 0 Å². The number of nitrogens with one attached hydrogen (secondary N) is 2. The second-order valence-electron chi connectivity index (χ2n) is 6.22. The molecule has 24 heavy (non-hydrogen) atoms. The highest BCUT2D eigenvalue weighted by Crippen LogP contribution is 2.01. The minimum absolute atomic E-state index is 0.258. The van der Waals surface area contributed by atoms with E-state index in [1.54, 1.807) is 18.2 Å². The number of nitrogens with zero attached hydrogens (tertiary/aromatic N) is 2. The second kappa shape index (κ2) is 9.34. The molecule has 1 aromatic rings. The van der Waals surface area contributed by atoms with Crippen LogP contribution < -0.4 is 10.6 Å². The van der Waals surface area contributed by atoms with Gasteiger partial charge in [0.05, 0.1) is 13.2 Å². The molecule has 2 N–H and O–H groups in total. The number of amides is 2. The van der Waals surface area contributed by atoms with Crippen LogP contribution in [0, 0.1) is 5.92 Å². The van der Waals surface area contributed by atoms with Crippen LogP contribution in [0.15, 0.2) is 18.2 Å². The molecule has 0 radical (unpaired) electrons. The molecular weight excluding hydrogens is 308 g/mol. The van der Waals surface area contributed by atoms with Gasteiger partial charge in [0, 0.05) is 32.7 Å². The summed E-state index contributed by atoms with van der Waals surface area (Å²) in [5.41, 5.74) is 0.519. The SMILES string of the molecule is CC(C)CNC(=O)c1cccc(C(=O)NCCN2CCOCC2)n1. The molecule has 0 spiro atoms. The Labute approximate surface area is 142 Å². The highest BCUT2D eigenvalue weighted by atomic mass is 16.5. The van der Waals surface area contributed by atoms with E-state index in [4.69, 9.17) is 4.74 Å². The van der Waals surface area contributed by atoms with E-state index < -0.39 is 0 Å². The van der Waals surface area contributed by atoms with Crippen molar-refractivity contribution in [2.75, 3.05) is 45.9 Å². The minimum atomic E-state index is -0.262. The molecule has 1 aromatic heterocycles. The molecule has 0 unspecified atom stereocenters. The van der Waals surface area contributed by atoms with Crippen LogP contribution >= 0.6 is 0 Å². The Hall–Kier alpha value is -1.99. The summed E-state index contributed by atoms with van der Waals surface area (Å²) >= 11 is 0. The monoisotopic (exact) mass is 334 g/mol. The average Bonchev–Trinajstić information content (AvgIpc) is 2.60. The van der Waals surface area contributed by atoms with E-state index in [1.165, 1.54) is 0 Å². The van der Waals surface area contributed by atoms with Crippen LogP contribution in [0.3, 0.4) is 0 Å². The smallest absolute Gasteiger partial charge is 0.269 e. The molecule has 1 saturated heterocycles. The van der Waals surface area contributed by atoms with Crippen molar-refractivity contribution in [3.8, 4) is 0 Å². The molecule has 2 amide bonds. The second-order valence-corrected chi connectivity index (χ2v) is 6.22. The molecule has 2 rings (SSSR count). The van der Waals surface area contributed by atoms with Gasteiger partial charge in [0.1, 0.15) is 11.4 Å². The normalized spacial score (nSPS) is 15.3. The number of pyridine rings is 1. The average molecular weight is 334 g/mol. The van der Waals surface area contributed by atoms with Gasteiger partial charge in [-0.15, -0.1) is 0 Å². The van der Waals surface area contributed by atoms with E-state index in [0.717, 1.165) is 32.8 Å². The molecule has 0 bridgehead atoms. The molecule has 0 aromatic carbocycles.